The average molecular weight is 434 g/mol. The van der Waals surface area contributed by atoms with Crippen LogP contribution in [-0.2, 0) is 4.79 Å². The van der Waals surface area contributed by atoms with Crippen molar-refractivity contribution in [1.29, 1.82) is 0 Å². The van der Waals surface area contributed by atoms with E-state index in [-0.39, 0.29) is 23.4 Å². The van der Waals surface area contributed by atoms with Gasteiger partial charge in [0.05, 0.1) is 17.7 Å². The second-order valence-electron chi connectivity index (χ2n) is 6.23. The van der Waals surface area contributed by atoms with Crippen molar-refractivity contribution < 1.29 is 23.9 Å². The van der Waals surface area contributed by atoms with Gasteiger partial charge in [0.25, 0.3) is 17.7 Å². The van der Waals surface area contributed by atoms with Crippen LogP contribution in [-0.4, -0.2) is 45.0 Å². The molecule has 0 unspecified atom stereocenters. The summed E-state index contributed by atoms with van der Waals surface area (Å²) in [6, 6.07) is 9.26. The van der Waals surface area contributed by atoms with Crippen molar-refractivity contribution in [3.8, 4) is 11.5 Å². The van der Waals surface area contributed by atoms with Crippen LogP contribution in [0.15, 0.2) is 36.4 Å². The maximum absolute atomic E-state index is 12.6. The summed E-state index contributed by atoms with van der Waals surface area (Å²) in [5, 5.41) is 8.16. The minimum absolute atomic E-state index is 0.172. The summed E-state index contributed by atoms with van der Waals surface area (Å²) in [6.07, 6.45) is 0.816. The summed E-state index contributed by atoms with van der Waals surface area (Å²) in [4.78, 5) is 36.0. The van der Waals surface area contributed by atoms with Crippen molar-refractivity contribution in [1.82, 2.24) is 10.6 Å². The van der Waals surface area contributed by atoms with Crippen LogP contribution < -0.4 is 25.4 Å². The number of hydrogen-bond acceptors (Lipinski definition) is 5. The molecule has 0 spiro atoms. The Bertz CT molecular complexity index is 933. The van der Waals surface area contributed by atoms with Crippen LogP contribution in [0, 0.1) is 0 Å². The zero-order chi connectivity index (χ0) is 22.1. The molecule has 0 bridgehead atoms. The molecule has 0 aliphatic carbocycles. The largest absolute Gasteiger partial charge is 0.493 e. The molecule has 2 rings (SSSR count). The molecule has 0 fully saturated rings. The minimum atomic E-state index is -0.398. The highest BCUT2D eigenvalue weighted by Crippen LogP contribution is 2.29. The molecular formula is C21H24ClN3O5. The fraction of sp³-hybridized carbons (Fsp3) is 0.286. The first kappa shape index (κ1) is 23.0. The Hall–Kier alpha value is -3.26. The highest BCUT2D eigenvalue weighted by Gasteiger charge is 2.14. The van der Waals surface area contributed by atoms with Crippen LogP contribution in [0.1, 0.15) is 34.1 Å². The van der Waals surface area contributed by atoms with Gasteiger partial charge in [-0.2, -0.15) is 0 Å². The number of carbonyl (C=O) groups excluding carboxylic acids is 3. The number of benzene rings is 2. The van der Waals surface area contributed by atoms with Gasteiger partial charge in [0.15, 0.2) is 18.1 Å². The van der Waals surface area contributed by atoms with Crippen molar-refractivity contribution in [3.63, 3.8) is 0 Å². The first-order valence-electron chi connectivity index (χ1n) is 9.30. The van der Waals surface area contributed by atoms with E-state index in [9.17, 15) is 14.4 Å². The normalized spacial score (nSPS) is 10.1. The molecule has 0 saturated carbocycles. The van der Waals surface area contributed by atoms with Gasteiger partial charge in [0.2, 0.25) is 0 Å². The number of likely N-dealkylation sites (N-methyl/N-ethyl adjacent to an activating group) is 1. The number of amides is 3. The molecule has 2 aromatic rings. The first-order valence-corrected chi connectivity index (χ1v) is 9.67. The number of rotatable bonds is 9. The van der Waals surface area contributed by atoms with Gasteiger partial charge in [-0.25, -0.2) is 0 Å². The van der Waals surface area contributed by atoms with Gasteiger partial charge in [-0.3, -0.25) is 14.4 Å². The minimum Gasteiger partial charge on any atom is -0.493 e. The van der Waals surface area contributed by atoms with E-state index in [4.69, 9.17) is 21.1 Å². The number of anilines is 1. The lowest BCUT2D eigenvalue weighted by Gasteiger charge is -2.12. The monoisotopic (exact) mass is 433 g/mol. The topological polar surface area (TPSA) is 106 Å². The molecular weight excluding hydrogens is 410 g/mol. The van der Waals surface area contributed by atoms with Crippen molar-refractivity contribution in [3.05, 3.63) is 52.5 Å². The van der Waals surface area contributed by atoms with Gasteiger partial charge >= 0.3 is 0 Å². The van der Waals surface area contributed by atoms with Crippen LogP contribution in [0.2, 0.25) is 5.02 Å². The Morgan fingerprint density at radius 3 is 2.43 bits per heavy atom. The third-order valence-corrected chi connectivity index (χ3v) is 4.38. The van der Waals surface area contributed by atoms with Crippen LogP contribution in [0.25, 0.3) is 0 Å². The van der Waals surface area contributed by atoms with E-state index in [1.165, 1.54) is 26.3 Å². The number of carbonyl (C=O) groups is 3. The third-order valence-electron chi connectivity index (χ3n) is 4.07. The van der Waals surface area contributed by atoms with Crippen LogP contribution >= 0.6 is 11.6 Å². The summed E-state index contributed by atoms with van der Waals surface area (Å²) in [7, 11) is 2.94. The molecule has 160 valence electrons. The fourth-order valence-electron chi connectivity index (χ4n) is 2.46. The van der Waals surface area contributed by atoms with E-state index >= 15 is 0 Å². The molecule has 9 heteroatoms. The Morgan fingerprint density at radius 1 is 1.03 bits per heavy atom. The van der Waals surface area contributed by atoms with Crippen LogP contribution in [0.3, 0.4) is 0 Å². The zero-order valence-electron chi connectivity index (χ0n) is 17.0. The second-order valence-corrected chi connectivity index (χ2v) is 6.64. The molecule has 30 heavy (non-hydrogen) atoms. The predicted octanol–water partition coefficient (Wildman–Crippen LogP) is 2.87. The molecule has 3 N–H and O–H groups in total. The van der Waals surface area contributed by atoms with Crippen molar-refractivity contribution in [2.45, 2.75) is 13.3 Å². The summed E-state index contributed by atoms with van der Waals surface area (Å²) < 4.78 is 10.6. The van der Waals surface area contributed by atoms with Gasteiger partial charge < -0.3 is 25.4 Å². The average Bonchev–Trinajstić information content (AvgIpc) is 2.75. The number of methoxy groups -OCH3 is 1. The van der Waals surface area contributed by atoms with E-state index in [0.29, 0.717) is 34.9 Å². The van der Waals surface area contributed by atoms with Crippen molar-refractivity contribution in [2.75, 3.05) is 32.6 Å². The predicted molar refractivity (Wildman–Crippen MR) is 115 cm³/mol. The second kappa shape index (κ2) is 11.1. The molecule has 0 radical (unpaired) electrons. The lowest BCUT2D eigenvalue weighted by atomic mass is 10.1. The maximum Gasteiger partial charge on any atom is 0.257 e. The van der Waals surface area contributed by atoms with E-state index in [2.05, 4.69) is 16.0 Å². The molecule has 2 aromatic carbocycles. The van der Waals surface area contributed by atoms with E-state index in [0.717, 1.165) is 6.42 Å². The molecule has 0 aliphatic heterocycles. The molecule has 0 aromatic heterocycles. The highest BCUT2D eigenvalue weighted by atomic mass is 35.5. The van der Waals surface area contributed by atoms with Gasteiger partial charge in [-0.05, 0) is 42.8 Å². The standard InChI is InChI=1S/C21H24ClN3O5/c1-4-9-24-21(28)15-7-6-14(11-16(15)22)25-20(27)13-5-8-17(18(10-13)29-3)30-12-19(26)23-2/h5-8,10-11H,4,9,12H2,1-3H3,(H,23,26)(H,24,28)(H,25,27). The van der Waals surface area contributed by atoms with Gasteiger partial charge in [0, 0.05) is 24.8 Å². The van der Waals surface area contributed by atoms with E-state index in [1.807, 2.05) is 6.92 Å². The first-order chi connectivity index (χ1) is 14.4. The number of halogens is 1. The van der Waals surface area contributed by atoms with Gasteiger partial charge in [0.1, 0.15) is 0 Å². The van der Waals surface area contributed by atoms with Gasteiger partial charge in [-0.15, -0.1) is 0 Å². The Balaban J connectivity index is 2.11. The molecule has 3 amide bonds. The maximum atomic E-state index is 12.6. The third kappa shape index (κ3) is 6.12. The zero-order valence-corrected chi connectivity index (χ0v) is 17.8. The SMILES string of the molecule is CCCNC(=O)c1ccc(NC(=O)c2ccc(OCC(=O)NC)c(OC)c2)cc1Cl. The van der Waals surface area contributed by atoms with Crippen molar-refractivity contribution in [2.24, 2.45) is 0 Å². The fourth-order valence-corrected chi connectivity index (χ4v) is 2.72. The Morgan fingerprint density at radius 2 is 1.80 bits per heavy atom. The lowest BCUT2D eigenvalue weighted by Crippen LogP contribution is -2.25. The molecule has 0 atom stereocenters. The summed E-state index contributed by atoms with van der Waals surface area (Å²) >= 11 is 6.19. The van der Waals surface area contributed by atoms with E-state index in [1.54, 1.807) is 24.3 Å². The Kier molecular flexibility index (Phi) is 8.49. The number of ether oxygens (including phenoxy) is 2. The quantitative estimate of drug-likeness (QED) is 0.564. The molecule has 0 saturated heterocycles. The Labute approximate surface area is 179 Å². The van der Waals surface area contributed by atoms with Crippen LogP contribution in [0.5, 0.6) is 11.5 Å². The van der Waals surface area contributed by atoms with Gasteiger partial charge in [-0.1, -0.05) is 18.5 Å². The molecule has 0 heterocycles. The molecule has 8 nitrogen and oxygen atoms in total. The summed E-state index contributed by atoms with van der Waals surface area (Å²) in [6.45, 7) is 2.34. The van der Waals surface area contributed by atoms with Crippen molar-refractivity contribution >= 4 is 35.0 Å². The molecule has 0 aliphatic rings. The van der Waals surface area contributed by atoms with E-state index < -0.39 is 5.91 Å². The number of nitrogens with one attached hydrogen (secondary N) is 3. The lowest BCUT2D eigenvalue weighted by molar-refractivity contribution is -0.122. The summed E-state index contributed by atoms with van der Waals surface area (Å²) in [5.41, 5.74) is 1.10. The highest BCUT2D eigenvalue weighted by molar-refractivity contribution is 6.34. The van der Waals surface area contributed by atoms with Crippen LogP contribution in [0.4, 0.5) is 5.69 Å². The number of hydrogen-bond donors (Lipinski definition) is 3. The smallest absolute Gasteiger partial charge is 0.257 e. The summed E-state index contributed by atoms with van der Waals surface area (Å²) in [5.74, 6) is -0.305.